The Balaban J connectivity index is 1.64. The zero-order chi connectivity index (χ0) is 19.2. The molecule has 0 atom stereocenters. The molecule has 3 aromatic rings. The molecular weight excluding hydrogens is 340 g/mol. The van der Waals surface area contributed by atoms with Crippen molar-refractivity contribution in [2.75, 3.05) is 26.1 Å². The van der Waals surface area contributed by atoms with Crippen LogP contribution in [-0.2, 0) is 0 Å². The van der Waals surface area contributed by atoms with E-state index in [4.69, 9.17) is 4.74 Å². The fourth-order valence-corrected chi connectivity index (χ4v) is 2.56. The van der Waals surface area contributed by atoms with E-state index in [1.165, 1.54) is 0 Å². The molecule has 0 aliphatic rings. The van der Waals surface area contributed by atoms with Gasteiger partial charge in [0.05, 0.1) is 13.3 Å². The summed E-state index contributed by atoms with van der Waals surface area (Å²) in [4.78, 5) is 14.2. The summed E-state index contributed by atoms with van der Waals surface area (Å²) in [5, 5.41) is 4.06. The predicted molar refractivity (Wildman–Crippen MR) is 108 cm³/mol. The van der Waals surface area contributed by atoms with Crippen LogP contribution >= 0.6 is 0 Å². The van der Waals surface area contributed by atoms with Crippen LogP contribution in [0, 0.1) is 0 Å². The van der Waals surface area contributed by atoms with Gasteiger partial charge in [-0.2, -0.15) is 5.10 Å². The predicted octanol–water partition coefficient (Wildman–Crippen LogP) is 3.32. The van der Waals surface area contributed by atoms with Gasteiger partial charge in [-0.3, -0.25) is 4.79 Å². The first-order valence-electron chi connectivity index (χ1n) is 8.50. The topological polar surface area (TPSA) is 58.9 Å². The zero-order valence-electron chi connectivity index (χ0n) is 15.6. The van der Waals surface area contributed by atoms with Crippen molar-refractivity contribution in [2.24, 2.45) is 5.10 Å². The van der Waals surface area contributed by atoms with E-state index in [1.54, 1.807) is 19.4 Å². The van der Waals surface area contributed by atoms with Gasteiger partial charge in [-0.05, 0) is 48.5 Å². The normalized spacial score (nSPS) is 10.8. The molecule has 0 radical (unpaired) electrons. The molecule has 6 nitrogen and oxygen atoms in total. The van der Waals surface area contributed by atoms with Gasteiger partial charge in [0.2, 0.25) is 0 Å². The highest BCUT2D eigenvalue weighted by Crippen LogP contribution is 2.16. The largest absolute Gasteiger partial charge is 0.497 e. The van der Waals surface area contributed by atoms with E-state index in [9.17, 15) is 4.79 Å². The SMILES string of the molecule is COc1ccc(-n2ccc(/C=N\NC(=O)c3cccc(N(C)C)c3)c2)cc1. The lowest BCUT2D eigenvalue weighted by Crippen LogP contribution is -2.18. The summed E-state index contributed by atoms with van der Waals surface area (Å²) in [5.74, 6) is 0.568. The molecule has 2 aromatic carbocycles. The highest BCUT2D eigenvalue weighted by atomic mass is 16.5. The standard InChI is InChI=1S/C21H22N4O2/c1-24(2)19-6-4-5-17(13-19)21(26)23-22-14-16-11-12-25(15-16)18-7-9-20(27-3)10-8-18/h4-15H,1-3H3,(H,23,26)/b22-14-. The lowest BCUT2D eigenvalue weighted by molar-refractivity contribution is 0.0955. The van der Waals surface area contributed by atoms with Gasteiger partial charge >= 0.3 is 0 Å². The number of hydrogen-bond acceptors (Lipinski definition) is 4. The smallest absolute Gasteiger partial charge is 0.271 e. The Labute approximate surface area is 158 Å². The van der Waals surface area contributed by atoms with E-state index in [1.807, 2.05) is 84.5 Å². The first-order chi connectivity index (χ1) is 13.1. The van der Waals surface area contributed by atoms with Crippen molar-refractivity contribution in [3.8, 4) is 11.4 Å². The van der Waals surface area contributed by atoms with E-state index in [0.717, 1.165) is 22.7 Å². The van der Waals surface area contributed by atoms with Crippen LogP contribution in [0.15, 0.2) is 72.1 Å². The minimum Gasteiger partial charge on any atom is -0.497 e. The molecule has 138 valence electrons. The van der Waals surface area contributed by atoms with Crippen molar-refractivity contribution in [3.05, 3.63) is 78.1 Å². The second kappa shape index (κ2) is 8.23. The number of carbonyl (C=O) groups excluding carboxylic acids is 1. The number of anilines is 1. The van der Waals surface area contributed by atoms with Crippen molar-refractivity contribution < 1.29 is 9.53 Å². The number of nitrogens with zero attached hydrogens (tertiary/aromatic N) is 3. The van der Waals surface area contributed by atoms with Crippen molar-refractivity contribution in [1.82, 2.24) is 9.99 Å². The molecule has 0 aliphatic heterocycles. The maximum Gasteiger partial charge on any atom is 0.271 e. The quantitative estimate of drug-likeness (QED) is 0.541. The summed E-state index contributed by atoms with van der Waals surface area (Å²) in [6.07, 6.45) is 5.49. The molecule has 3 rings (SSSR count). The van der Waals surface area contributed by atoms with E-state index in [-0.39, 0.29) is 5.91 Å². The number of benzene rings is 2. The van der Waals surface area contributed by atoms with Crippen LogP contribution in [-0.4, -0.2) is 37.9 Å². The van der Waals surface area contributed by atoms with Gasteiger partial charge in [-0.1, -0.05) is 6.07 Å². The molecule has 6 heteroatoms. The second-order valence-electron chi connectivity index (χ2n) is 6.19. The Hall–Kier alpha value is -3.54. The molecule has 1 aromatic heterocycles. The maximum absolute atomic E-state index is 12.2. The third-order valence-corrected chi connectivity index (χ3v) is 4.09. The Morgan fingerprint density at radius 1 is 1.15 bits per heavy atom. The van der Waals surface area contributed by atoms with E-state index < -0.39 is 0 Å². The fourth-order valence-electron chi connectivity index (χ4n) is 2.56. The minimum absolute atomic E-state index is 0.246. The second-order valence-corrected chi connectivity index (χ2v) is 6.19. The Kier molecular flexibility index (Phi) is 5.56. The maximum atomic E-state index is 12.2. The van der Waals surface area contributed by atoms with Crippen molar-refractivity contribution in [3.63, 3.8) is 0 Å². The molecule has 0 unspecified atom stereocenters. The van der Waals surface area contributed by atoms with Crippen LogP contribution in [0.3, 0.4) is 0 Å². The number of aromatic nitrogens is 1. The minimum atomic E-state index is -0.246. The number of nitrogens with one attached hydrogen (secondary N) is 1. The van der Waals surface area contributed by atoms with Crippen LogP contribution in [0.2, 0.25) is 0 Å². The number of ether oxygens (including phenoxy) is 1. The Bertz CT molecular complexity index is 943. The van der Waals surface area contributed by atoms with Crippen molar-refractivity contribution >= 4 is 17.8 Å². The van der Waals surface area contributed by atoms with Gasteiger partial charge in [0, 0.05) is 49.0 Å². The lowest BCUT2D eigenvalue weighted by atomic mass is 10.2. The Morgan fingerprint density at radius 2 is 1.93 bits per heavy atom. The lowest BCUT2D eigenvalue weighted by Gasteiger charge is -2.12. The molecule has 0 spiro atoms. The van der Waals surface area contributed by atoms with Crippen LogP contribution in [0.4, 0.5) is 5.69 Å². The third kappa shape index (κ3) is 4.55. The van der Waals surface area contributed by atoms with Gasteiger partial charge in [-0.15, -0.1) is 0 Å². The number of hydrazone groups is 1. The molecule has 1 amide bonds. The summed E-state index contributed by atoms with van der Waals surface area (Å²) in [7, 11) is 5.51. The summed E-state index contributed by atoms with van der Waals surface area (Å²) >= 11 is 0. The van der Waals surface area contributed by atoms with Gasteiger partial charge in [0.25, 0.3) is 5.91 Å². The molecular formula is C21H22N4O2. The molecule has 0 fully saturated rings. The third-order valence-electron chi connectivity index (χ3n) is 4.09. The molecule has 0 aliphatic carbocycles. The van der Waals surface area contributed by atoms with Crippen LogP contribution in [0.25, 0.3) is 5.69 Å². The first-order valence-corrected chi connectivity index (χ1v) is 8.50. The van der Waals surface area contributed by atoms with Crippen LogP contribution < -0.4 is 15.1 Å². The Morgan fingerprint density at radius 3 is 2.63 bits per heavy atom. The average Bonchev–Trinajstić information content (AvgIpc) is 3.17. The fraction of sp³-hybridized carbons (Fsp3) is 0.143. The highest BCUT2D eigenvalue weighted by molar-refractivity contribution is 5.95. The monoisotopic (exact) mass is 362 g/mol. The van der Waals surface area contributed by atoms with Crippen molar-refractivity contribution in [1.29, 1.82) is 0 Å². The summed E-state index contributed by atoms with van der Waals surface area (Å²) in [6.45, 7) is 0. The van der Waals surface area contributed by atoms with Gasteiger partial charge in [0.15, 0.2) is 0 Å². The molecule has 0 saturated heterocycles. The number of rotatable bonds is 6. The first kappa shape index (κ1) is 18.3. The molecule has 0 saturated carbocycles. The van der Waals surface area contributed by atoms with Gasteiger partial charge in [-0.25, -0.2) is 5.43 Å². The number of amides is 1. The average molecular weight is 362 g/mol. The van der Waals surface area contributed by atoms with Crippen molar-refractivity contribution in [2.45, 2.75) is 0 Å². The molecule has 0 bridgehead atoms. The molecule has 1 heterocycles. The summed E-state index contributed by atoms with van der Waals surface area (Å²) in [5.41, 5.74) is 5.99. The summed E-state index contributed by atoms with van der Waals surface area (Å²) < 4.78 is 7.14. The van der Waals surface area contributed by atoms with Crippen LogP contribution in [0.5, 0.6) is 5.75 Å². The van der Waals surface area contributed by atoms with E-state index >= 15 is 0 Å². The number of methoxy groups -OCH3 is 1. The van der Waals surface area contributed by atoms with Crippen LogP contribution in [0.1, 0.15) is 15.9 Å². The highest BCUT2D eigenvalue weighted by Gasteiger charge is 2.06. The zero-order valence-corrected chi connectivity index (χ0v) is 15.6. The van der Waals surface area contributed by atoms with Gasteiger partial charge in [0.1, 0.15) is 5.75 Å². The molecule has 1 N–H and O–H groups in total. The van der Waals surface area contributed by atoms with E-state index in [0.29, 0.717) is 5.56 Å². The number of hydrogen-bond donors (Lipinski definition) is 1. The van der Waals surface area contributed by atoms with Gasteiger partial charge < -0.3 is 14.2 Å². The van der Waals surface area contributed by atoms with E-state index in [2.05, 4.69) is 10.5 Å². The summed E-state index contributed by atoms with van der Waals surface area (Å²) in [6, 6.07) is 17.1. The molecule has 27 heavy (non-hydrogen) atoms. The number of carbonyl (C=O) groups is 1.